The number of halogens is 2. The van der Waals surface area contributed by atoms with Gasteiger partial charge in [0.2, 0.25) is 0 Å². The molecule has 158 valence electrons. The van der Waals surface area contributed by atoms with Gasteiger partial charge in [-0.15, -0.1) is 0 Å². The largest absolute Gasteiger partial charge is 0.490 e. The molecule has 0 unspecified atom stereocenters. The van der Waals surface area contributed by atoms with Crippen LogP contribution in [0, 0.1) is 0 Å². The number of imide groups is 1. The van der Waals surface area contributed by atoms with Crippen LogP contribution in [-0.2, 0) is 9.59 Å². The van der Waals surface area contributed by atoms with Crippen LogP contribution in [0.25, 0.3) is 5.57 Å². The van der Waals surface area contributed by atoms with E-state index in [4.69, 9.17) is 32.7 Å². The molecule has 2 amide bonds. The molecule has 8 heteroatoms. The Morgan fingerprint density at radius 2 is 1.60 bits per heavy atom. The van der Waals surface area contributed by atoms with E-state index in [0.29, 0.717) is 41.0 Å². The SMILES string of the molecule is CCOc1ccc(NC2=C(c3ccc(Cl)cc3Cl)C(=O)N(CC)C2=O)cc1OCC. The van der Waals surface area contributed by atoms with E-state index in [2.05, 4.69) is 5.32 Å². The van der Waals surface area contributed by atoms with Crippen molar-refractivity contribution in [3.8, 4) is 11.5 Å². The number of hydrogen-bond acceptors (Lipinski definition) is 5. The van der Waals surface area contributed by atoms with E-state index in [1.54, 1.807) is 43.3 Å². The molecule has 2 aromatic rings. The molecule has 0 saturated carbocycles. The average molecular weight is 449 g/mol. The van der Waals surface area contributed by atoms with E-state index in [0.717, 1.165) is 0 Å². The van der Waals surface area contributed by atoms with E-state index in [1.807, 2.05) is 13.8 Å². The molecular weight excluding hydrogens is 427 g/mol. The van der Waals surface area contributed by atoms with Crippen LogP contribution in [-0.4, -0.2) is 36.5 Å². The molecule has 0 saturated heterocycles. The molecule has 0 aliphatic carbocycles. The van der Waals surface area contributed by atoms with E-state index in [1.165, 1.54) is 4.90 Å². The van der Waals surface area contributed by atoms with Crippen LogP contribution in [0.5, 0.6) is 11.5 Å². The van der Waals surface area contributed by atoms with Gasteiger partial charge in [-0.1, -0.05) is 29.3 Å². The smallest absolute Gasteiger partial charge is 0.278 e. The highest BCUT2D eigenvalue weighted by Crippen LogP contribution is 2.37. The maximum Gasteiger partial charge on any atom is 0.278 e. The number of ether oxygens (including phenoxy) is 2. The highest BCUT2D eigenvalue weighted by molar-refractivity contribution is 6.41. The van der Waals surface area contributed by atoms with Gasteiger partial charge in [-0.05, 0) is 45.0 Å². The van der Waals surface area contributed by atoms with Crippen molar-refractivity contribution in [2.45, 2.75) is 20.8 Å². The Kier molecular flexibility index (Phi) is 6.90. The number of likely N-dealkylation sites (N-methyl/N-ethyl adjacent to an activating group) is 1. The zero-order valence-electron chi connectivity index (χ0n) is 16.9. The highest BCUT2D eigenvalue weighted by Gasteiger charge is 2.39. The summed E-state index contributed by atoms with van der Waals surface area (Å²) in [5, 5.41) is 3.81. The van der Waals surface area contributed by atoms with Crippen molar-refractivity contribution < 1.29 is 19.1 Å². The Balaban J connectivity index is 2.08. The average Bonchev–Trinajstić information content (AvgIpc) is 2.94. The minimum absolute atomic E-state index is 0.151. The number of amides is 2. The van der Waals surface area contributed by atoms with Gasteiger partial charge < -0.3 is 14.8 Å². The van der Waals surface area contributed by atoms with Crippen molar-refractivity contribution in [2.24, 2.45) is 0 Å². The predicted molar refractivity (Wildman–Crippen MR) is 118 cm³/mol. The minimum Gasteiger partial charge on any atom is -0.490 e. The Morgan fingerprint density at radius 3 is 2.23 bits per heavy atom. The summed E-state index contributed by atoms with van der Waals surface area (Å²) in [7, 11) is 0. The van der Waals surface area contributed by atoms with Crippen molar-refractivity contribution in [3.63, 3.8) is 0 Å². The Hall–Kier alpha value is -2.70. The monoisotopic (exact) mass is 448 g/mol. The first-order chi connectivity index (χ1) is 14.4. The summed E-state index contributed by atoms with van der Waals surface area (Å²) in [4.78, 5) is 27.1. The van der Waals surface area contributed by atoms with Crippen molar-refractivity contribution in [1.29, 1.82) is 0 Å². The van der Waals surface area contributed by atoms with Crippen molar-refractivity contribution in [2.75, 3.05) is 25.1 Å². The molecule has 1 aliphatic rings. The van der Waals surface area contributed by atoms with Gasteiger partial charge >= 0.3 is 0 Å². The Bertz CT molecular complexity index is 1020. The molecule has 1 heterocycles. The van der Waals surface area contributed by atoms with Crippen LogP contribution >= 0.6 is 23.2 Å². The number of benzene rings is 2. The molecule has 0 bridgehead atoms. The second-order valence-corrected chi connectivity index (χ2v) is 7.22. The van der Waals surface area contributed by atoms with Gasteiger partial charge in [-0.3, -0.25) is 14.5 Å². The van der Waals surface area contributed by atoms with Gasteiger partial charge in [0.25, 0.3) is 11.8 Å². The summed E-state index contributed by atoms with van der Waals surface area (Å²) in [6.45, 7) is 6.69. The summed E-state index contributed by atoms with van der Waals surface area (Å²) in [6.07, 6.45) is 0. The summed E-state index contributed by atoms with van der Waals surface area (Å²) >= 11 is 12.3. The third-order valence-corrected chi connectivity index (χ3v) is 5.05. The van der Waals surface area contributed by atoms with Gasteiger partial charge in [-0.2, -0.15) is 0 Å². The number of rotatable bonds is 8. The number of anilines is 1. The van der Waals surface area contributed by atoms with E-state index in [9.17, 15) is 9.59 Å². The number of carbonyl (C=O) groups is 2. The van der Waals surface area contributed by atoms with Crippen LogP contribution in [0.3, 0.4) is 0 Å². The number of nitrogens with one attached hydrogen (secondary N) is 1. The van der Waals surface area contributed by atoms with Crippen LogP contribution in [0.2, 0.25) is 10.0 Å². The maximum atomic E-state index is 13.0. The van der Waals surface area contributed by atoms with Crippen molar-refractivity contribution in [3.05, 3.63) is 57.7 Å². The predicted octanol–water partition coefficient (Wildman–Crippen LogP) is 5.00. The lowest BCUT2D eigenvalue weighted by molar-refractivity contribution is -0.136. The topological polar surface area (TPSA) is 67.9 Å². The van der Waals surface area contributed by atoms with E-state index >= 15 is 0 Å². The summed E-state index contributed by atoms with van der Waals surface area (Å²) in [5.41, 5.74) is 1.38. The molecule has 0 atom stereocenters. The lowest BCUT2D eigenvalue weighted by Gasteiger charge is -2.14. The zero-order valence-corrected chi connectivity index (χ0v) is 18.4. The fourth-order valence-corrected chi connectivity index (χ4v) is 3.70. The van der Waals surface area contributed by atoms with Crippen LogP contribution in [0.1, 0.15) is 26.3 Å². The molecule has 0 spiro atoms. The van der Waals surface area contributed by atoms with Crippen molar-refractivity contribution in [1.82, 2.24) is 4.90 Å². The molecule has 6 nitrogen and oxygen atoms in total. The zero-order chi connectivity index (χ0) is 21.8. The van der Waals surface area contributed by atoms with E-state index in [-0.39, 0.29) is 22.8 Å². The summed E-state index contributed by atoms with van der Waals surface area (Å²) in [6, 6.07) is 10.0. The minimum atomic E-state index is -0.421. The number of carbonyl (C=O) groups excluding carboxylic acids is 2. The molecule has 0 aromatic heterocycles. The molecule has 1 aliphatic heterocycles. The quantitative estimate of drug-likeness (QED) is 0.575. The first-order valence-electron chi connectivity index (χ1n) is 9.63. The standard InChI is InChI=1S/C22H22Cl2N2O4/c1-4-26-21(27)19(15-9-7-13(23)11-16(15)24)20(22(26)28)25-14-8-10-17(29-5-2)18(12-14)30-6-3/h7-12,25H,4-6H2,1-3H3. The lowest BCUT2D eigenvalue weighted by atomic mass is 10.0. The third-order valence-electron chi connectivity index (χ3n) is 4.50. The molecule has 1 N–H and O–H groups in total. The fourth-order valence-electron chi connectivity index (χ4n) is 3.19. The van der Waals surface area contributed by atoms with Gasteiger partial charge in [0.15, 0.2) is 11.5 Å². The van der Waals surface area contributed by atoms with Gasteiger partial charge in [0, 0.05) is 28.9 Å². The first-order valence-corrected chi connectivity index (χ1v) is 10.4. The Morgan fingerprint density at radius 1 is 0.900 bits per heavy atom. The number of nitrogens with zero attached hydrogens (tertiary/aromatic N) is 1. The normalized spacial score (nSPS) is 13.8. The van der Waals surface area contributed by atoms with Gasteiger partial charge in [-0.25, -0.2) is 0 Å². The maximum absolute atomic E-state index is 13.0. The molecular formula is C22H22Cl2N2O4. The molecule has 3 rings (SSSR count). The molecule has 0 radical (unpaired) electrons. The van der Waals surface area contributed by atoms with Crippen LogP contribution in [0.15, 0.2) is 42.1 Å². The second-order valence-electron chi connectivity index (χ2n) is 6.38. The molecule has 0 fully saturated rings. The van der Waals surface area contributed by atoms with Gasteiger partial charge in [0.1, 0.15) is 5.70 Å². The third kappa shape index (κ3) is 4.25. The van der Waals surface area contributed by atoms with E-state index < -0.39 is 11.8 Å². The summed E-state index contributed by atoms with van der Waals surface area (Å²) < 4.78 is 11.2. The van der Waals surface area contributed by atoms with Crippen molar-refractivity contribution >= 4 is 46.3 Å². The lowest BCUT2D eigenvalue weighted by Crippen LogP contribution is -2.32. The number of hydrogen-bond donors (Lipinski definition) is 1. The highest BCUT2D eigenvalue weighted by atomic mass is 35.5. The van der Waals surface area contributed by atoms with Crippen LogP contribution < -0.4 is 14.8 Å². The first kappa shape index (κ1) is 22.0. The molecule has 2 aromatic carbocycles. The van der Waals surface area contributed by atoms with Gasteiger partial charge in [0.05, 0.1) is 23.8 Å². The molecule has 30 heavy (non-hydrogen) atoms. The Labute approximate surface area is 185 Å². The summed E-state index contributed by atoms with van der Waals surface area (Å²) in [5.74, 6) is 0.310. The van der Waals surface area contributed by atoms with Crippen LogP contribution in [0.4, 0.5) is 5.69 Å². The fraction of sp³-hybridized carbons (Fsp3) is 0.273. The second kappa shape index (κ2) is 9.41.